The quantitative estimate of drug-likeness (QED) is 0.832. The predicted molar refractivity (Wildman–Crippen MR) is 89.5 cm³/mol. The number of nitriles is 1. The number of hydrogen-bond acceptors (Lipinski definition) is 4. The summed E-state index contributed by atoms with van der Waals surface area (Å²) in [5, 5.41) is 12.4. The lowest BCUT2D eigenvalue weighted by Gasteiger charge is -2.14. The van der Waals surface area contributed by atoms with Crippen molar-refractivity contribution in [2.75, 3.05) is 7.11 Å². The molecule has 2 aromatic carbocycles. The molecule has 1 atom stereocenters. The van der Waals surface area contributed by atoms with Gasteiger partial charge in [0, 0.05) is 6.54 Å². The number of hydrogen-bond donors (Lipinski definition) is 1. The van der Waals surface area contributed by atoms with Crippen LogP contribution < -0.4 is 5.32 Å². The Hall–Kier alpha value is -2.64. The van der Waals surface area contributed by atoms with Gasteiger partial charge in [-0.2, -0.15) is 5.26 Å². The summed E-state index contributed by atoms with van der Waals surface area (Å²) >= 11 is 0. The smallest absolute Gasteiger partial charge is 0.322 e. The molecule has 2 aromatic rings. The van der Waals surface area contributed by atoms with Crippen molar-refractivity contribution in [3.8, 4) is 17.2 Å². The summed E-state index contributed by atoms with van der Waals surface area (Å²) in [6, 6.07) is 17.4. The van der Waals surface area contributed by atoms with E-state index in [1.165, 1.54) is 7.11 Å². The minimum atomic E-state index is -0.293. The van der Waals surface area contributed by atoms with Crippen LogP contribution in [0.15, 0.2) is 48.5 Å². The summed E-state index contributed by atoms with van der Waals surface area (Å²) in [4.78, 5) is 11.6. The first kappa shape index (κ1) is 16.7. The lowest BCUT2D eigenvalue weighted by molar-refractivity contribution is -0.143. The number of ether oxygens (including phenoxy) is 1. The van der Waals surface area contributed by atoms with E-state index in [0.717, 1.165) is 16.7 Å². The molecular weight excluding hydrogens is 288 g/mol. The SMILES string of the molecule is CC[C@H](NCc1ccc(-c2ccccc2C#N)cc1)C(=O)OC. The van der Waals surface area contributed by atoms with E-state index in [2.05, 4.69) is 11.4 Å². The third kappa shape index (κ3) is 4.18. The molecule has 4 heteroatoms. The number of rotatable bonds is 6. The molecule has 118 valence electrons. The molecule has 1 N–H and O–H groups in total. The molecule has 0 amide bonds. The molecular formula is C19H20N2O2. The number of nitrogens with zero attached hydrogens (tertiary/aromatic N) is 1. The standard InChI is InChI=1S/C19H20N2O2/c1-3-18(19(22)23-2)21-13-14-8-10-15(11-9-14)17-7-5-4-6-16(17)12-20/h4-11,18,21H,3,13H2,1-2H3/t18-/m0/s1. The summed E-state index contributed by atoms with van der Waals surface area (Å²) in [5.74, 6) is -0.243. The van der Waals surface area contributed by atoms with Gasteiger partial charge in [0.2, 0.25) is 0 Å². The van der Waals surface area contributed by atoms with Gasteiger partial charge in [-0.05, 0) is 29.2 Å². The Balaban J connectivity index is 2.08. The van der Waals surface area contributed by atoms with E-state index in [0.29, 0.717) is 18.5 Å². The minimum Gasteiger partial charge on any atom is -0.468 e. The Morgan fingerprint density at radius 2 is 1.91 bits per heavy atom. The lowest BCUT2D eigenvalue weighted by atomic mass is 9.99. The van der Waals surface area contributed by atoms with Gasteiger partial charge in [-0.15, -0.1) is 0 Å². The highest BCUT2D eigenvalue weighted by atomic mass is 16.5. The van der Waals surface area contributed by atoms with E-state index in [-0.39, 0.29) is 12.0 Å². The second-order valence-corrected chi connectivity index (χ2v) is 5.22. The maximum Gasteiger partial charge on any atom is 0.322 e. The van der Waals surface area contributed by atoms with E-state index < -0.39 is 0 Å². The summed E-state index contributed by atoms with van der Waals surface area (Å²) < 4.78 is 4.76. The zero-order chi connectivity index (χ0) is 16.7. The average molecular weight is 308 g/mol. The third-order valence-corrected chi connectivity index (χ3v) is 3.76. The van der Waals surface area contributed by atoms with Crippen molar-refractivity contribution in [1.29, 1.82) is 5.26 Å². The van der Waals surface area contributed by atoms with Crippen LogP contribution in [0.5, 0.6) is 0 Å². The Morgan fingerprint density at radius 1 is 1.22 bits per heavy atom. The van der Waals surface area contributed by atoms with Crippen molar-refractivity contribution in [1.82, 2.24) is 5.32 Å². The molecule has 4 nitrogen and oxygen atoms in total. The molecule has 0 aliphatic carbocycles. The van der Waals surface area contributed by atoms with E-state index in [1.54, 1.807) is 0 Å². The fourth-order valence-electron chi connectivity index (χ4n) is 2.41. The summed E-state index contributed by atoms with van der Waals surface area (Å²) in [5.41, 5.74) is 3.67. The largest absolute Gasteiger partial charge is 0.468 e. The highest BCUT2D eigenvalue weighted by Crippen LogP contribution is 2.23. The van der Waals surface area contributed by atoms with Crippen LogP contribution in [-0.2, 0) is 16.1 Å². The van der Waals surface area contributed by atoms with Gasteiger partial charge < -0.3 is 10.1 Å². The molecule has 0 heterocycles. The number of benzene rings is 2. The van der Waals surface area contributed by atoms with Crippen LogP contribution in [0, 0.1) is 11.3 Å². The number of esters is 1. The topological polar surface area (TPSA) is 62.1 Å². The molecule has 0 unspecified atom stereocenters. The molecule has 0 aliphatic heterocycles. The van der Waals surface area contributed by atoms with Crippen LogP contribution in [-0.4, -0.2) is 19.1 Å². The van der Waals surface area contributed by atoms with Gasteiger partial charge in [-0.25, -0.2) is 0 Å². The van der Waals surface area contributed by atoms with Gasteiger partial charge in [0.1, 0.15) is 6.04 Å². The number of methoxy groups -OCH3 is 1. The molecule has 2 rings (SSSR count). The predicted octanol–water partition coefficient (Wildman–Crippen LogP) is 3.27. The first-order valence-electron chi connectivity index (χ1n) is 7.59. The maximum absolute atomic E-state index is 11.6. The van der Waals surface area contributed by atoms with E-state index in [1.807, 2.05) is 55.5 Å². The van der Waals surface area contributed by atoms with Crippen LogP contribution in [0.25, 0.3) is 11.1 Å². The molecule has 0 aliphatic rings. The van der Waals surface area contributed by atoms with Gasteiger partial charge in [-0.1, -0.05) is 49.4 Å². The highest BCUT2D eigenvalue weighted by molar-refractivity contribution is 5.75. The number of carbonyl (C=O) groups is 1. The van der Waals surface area contributed by atoms with Gasteiger partial charge >= 0.3 is 5.97 Å². The zero-order valence-electron chi connectivity index (χ0n) is 13.4. The van der Waals surface area contributed by atoms with Crippen LogP contribution in [0.3, 0.4) is 0 Å². The number of nitrogens with one attached hydrogen (secondary N) is 1. The molecule has 23 heavy (non-hydrogen) atoms. The average Bonchev–Trinajstić information content (AvgIpc) is 2.62. The molecule has 0 radical (unpaired) electrons. The highest BCUT2D eigenvalue weighted by Gasteiger charge is 2.15. The first-order valence-corrected chi connectivity index (χ1v) is 7.59. The minimum absolute atomic E-state index is 0.243. The van der Waals surface area contributed by atoms with Crippen LogP contribution in [0.1, 0.15) is 24.5 Å². The van der Waals surface area contributed by atoms with Crippen molar-refractivity contribution < 1.29 is 9.53 Å². The maximum atomic E-state index is 11.6. The zero-order valence-corrected chi connectivity index (χ0v) is 13.4. The molecule has 0 saturated heterocycles. The first-order chi connectivity index (χ1) is 11.2. The van der Waals surface area contributed by atoms with Gasteiger partial charge in [0.05, 0.1) is 18.7 Å². The number of carbonyl (C=O) groups excluding carboxylic acids is 1. The normalized spacial score (nSPS) is 11.5. The van der Waals surface area contributed by atoms with Crippen molar-refractivity contribution >= 4 is 5.97 Å². The van der Waals surface area contributed by atoms with E-state index >= 15 is 0 Å². The van der Waals surface area contributed by atoms with Crippen molar-refractivity contribution in [3.05, 3.63) is 59.7 Å². The summed E-state index contributed by atoms with van der Waals surface area (Å²) in [7, 11) is 1.40. The van der Waals surface area contributed by atoms with Crippen molar-refractivity contribution in [2.45, 2.75) is 25.9 Å². The van der Waals surface area contributed by atoms with Gasteiger partial charge in [0.25, 0.3) is 0 Å². The Kier molecular flexibility index (Phi) is 5.90. The Labute approximate surface area is 136 Å². The molecule has 0 saturated carbocycles. The third-order valence-electron chi connectivity index (χ3n) is 3.76. The van der Waals surface area contributed by atoms with Gasteiger partial charge in [-0.3, -0.25) is 4.79 Å². The Bertz CT molecular complexity index is 702. The van der Waals surface area contributed by atoms with Crippen molar-refractivity contribution in [3.63, 3.8) is 0 Å². The fraction of sp³-hybridized carbons (Fsp3) is 0.263. The second kappa shape index (κ2) is 8.11. The Morgan fingerprint density at radius 3 is 2.52 bits per heavy atom. The molecule has 0 bridgehead atoms. The fourth-order valence-corrected chi connectivity index (χ4v) is 2.41. The van der Waals surface area contributed by atoms with Crippen LogP contribution in [0.2, 0.25) is 0 Å². The monoisotopic (exact) mass is 308 g/mol. The van der Waals surface area contributed by atoms with Crippen LogP contribution in [0.4, 0.5) is 0 Å². The summed E-state index contributed by atoms with van der Waals surface area (Å²) in [6.45, 7) is 2.53. The van der Waals surface area contributed by atoms with Gasteiger partial charge in [0.15, 0.2) is 0 Å². The lowest BCUT2D eigenvalue weighted by Crippen LogP contribution is -2.36. The summed E-state index contributed by atoms with van der Waals surface area (Å²) in [6.07, 6.45) is 0.681. The van der Waals surface area contributed by atoms with E-state index in [9.17, 15) is 10.1 Å². The molecule has 0 fully saturated rings. The van der Waals surface area contributed by atoms with E-state index in [4.69, 9.17) is 4.74 Å². The molecule has 0 spiro atoms. The van der Waals surface area contributed by atoms with Crippen molar-refractivity contribution in [2.24, 2.45) is 0 Å². The molecule has 0 aromatic heterocycles. The van der Waals surface area contributed by atoms with Crippen LogP contribution >= 0.6 is 0 Å². The second-order valence-electron chi connectivity index (χ2n) is 5.22.